The van der Waals surface area contributed by atoms with Gasteiger partial charge in [0.1, 0.15) is 11.8 Å². The summed E-state index contributed by atoms with van der Waals surface area (Å²) in [5, 5.41) is 6.36. The molecule has 0 bridgehead atoms. The van der Waals surface area contributed by atoms with Crippen molar-refractivity contribution in [3.05, 3.63) is 24.2 Å². The normalized spacial score (nSPS) is 33.0. The van der Waals surface area contributed by atoms with Crippen molar-refractivity contribution in [1.82, 2.24) is 9.91 Å². The van der Waals surface area contributed by atoms with E-state index in [0.29, 0.717) is 18.4 Å². The van der Waals surface area contributed by atoms with E-state index in [4.69, 9.17) is 9.52 Å². The van der Waals surface area contributed by atoms with Crippen molar-refractivity contribution in [2.24, 2.45) is 16.9 Å². The van der Waals surface area contributed by atoms with E-state index in [-0.39, 0.29) is 17.9 Å². The van der Waals surface area contributed by atoms with Gasteiger partial charge in [0, 0.05) is 36.6 Å². The largest absolute Gasteiger partial charge is 0.467 e. The smallest absolute Gasteiger partial charge is 0.243 e. The minimum Gasteiger partial charge on any atom is -0.467 e. The molecule has 0 aliphatic carbocycles. The predicted molar refractivity (Wildman–Crippen MR) is 80.8 cm³/mol. The third kappa shape index (κ3) is 2.20. The molecule has 0 N–H and O–H groups in total. The summed E-state index contributed by atoms with van der Waals surface area (Å²) in [6.07, 6.45) is 2.13. The Bertz CT molecular complexity index is 552. The number of furan rings is 1. The molecule has 0 unspecified atom stereocenters. The van der Waals surface area contributed by atoms with E-state index < -0.39 is 0 Å². The highest BCUT2D eigenvalue weighted by Gasteiger charge is 2.49. The zero-order valence-electron chi connectivity index (χ0n) is 13.1. The molecule has 1 aromatic heterocycles. The predicted octanol–water partition coefficient (Wildman–Crippen LogP) is 2.52. The van der Waals surface area contributed by atoms with Gasteiger partial charge in [-0.15, -0.1) is 0 Å². The van der Waals surface area contributed by atoms with Gasteiger partial charge in [0.15, 0.2) is 0 Å². The third-order valence-electron chi connectivity index (χ3n) is 4.84. The summed E-state index contributed by atoms with van der Waals surface area (Å²) in [6.45, 7) is 7.26. The highest BCUT2D eigenvalue weighted by Crippen LogP contribution is 2.43. The van der Waals surface area contributed by atoms with Crippen LogP contribution in [0.3, 0.4) is 0 Å². The van der Waals surface area contributed by atoms with Crippen molar-refractivity contribution in [3.8, 4) is 0 Å². The Labute approximate surface area is 125 Å². The number of amides is 1. The average Bonchev–Trinajstić information content (AvgIpc) is 3.10. The van der Waals surface area contributed by atoms with Gasteiger partial charge in [0.2, 0.25) is 5.91 Å². The molecule has 0 aromatic carbocycles. The van der Waals surface area contributed by atoms with Crippen LogP contribution in [0.4, 0.5) is 0 Å². The lowest BCUT2D eigenvalue weighted by Gasteiger charge is -2.40. The van der Waals surface area contributed by atoms with Crippen molar-refractivity contribution in [2.45, 2.75) is 39.3 Å². The lowest BCUT2D eigenvalue weighted by atomic mass is 9.78. The molecule has 1 fully saturated rings. The number of carbonyl (C=O) groups excluding carboxylic acids is 1. The highest BCUT2D eigenvalue weighted by molar-refractivity contribution is 5.94. The van der Waals surface area contributed by atoms with E-state index >= 15 is 0 Å². The first kappa shape index (κ1) is 14.3. The number of carbonyl (C=O) groups is 1. The van der Waals surface area contributed by atoms with Crippen LogP contribution in [0.5, 0.6) is 0 Å². The van der Waals surface area contributed by atoms with Gasteiger partial charge in [0.05, 0.1) is 6.26 Å². The number of nitrogens with zero attached hydrogens (tertiary/aromatic N) is 3. The summed E-state index contributed by atoms with van der Waals surface area (Å²) >= 11 is 0. The van der Waals surface area contributed by atoms with Crippen LogP contribution in [0.25, 0.3) is 0 Å². The minimum atomic E-state index is -0.109. The number of fused-ring (bicyclic) bond motifs is 1. The van der Waals surface area contributed by atoms with Gasteiger partial charge in [-0.2, -0.15) is 5.10 Å². The van der Waals surface area contributed by atoms with Gasteiger partial charge >= 0.3 is 0 Å². The molecule has 3 rings (SSSR count). The van der Waals surface area contributed by atoms with Gasteiger partial charge in [0.25, 0.3) is 0 Å². The van der Waals surface area contributed by atoms with Crippen LogP contribution < -0.4 is 0 Å². The Balaban J connectivity index is 2.04. The Hall–Kier alpha value is -1.62. The summed E-state index contributed by atoms with van der Waals surface area (Å²) in [7, 11) is 2.14. The van der Waals surface area contributed by atoms with Crippen LogP contribution in [-0.2, 0) is 4.79 Å². The molecule has 5 heteroatoms. The molecular formula is C16H23N3O2. The number of hydrogen-bond acceptors (Lipinski definition) is 4. The Kier molecular flexibility index (Phi) is 3.61. The van der Waals surface area contributed by atoms with Gasteiger partial charge < -0.3 is 9.32 Å². The molecule has 5 nitrogen and oxygen atoms in total. The SMILES string of the molecule is CCC(=O)N1N=C2[C@H]([C@H](C)N(C)C[C@@H]2C)[C@@H]1c1ccco1. The maximum atomic E-state index is 12.3. The molecule has 3 heterocycles. The summed E-state index contributed by atoms with van der Waals surface area (Å²) in [5.74, 6) is 1.46. The first-order valence-electron chi connectivity index (χ1n) is 7.68. The summed E-state index contributed by atoms with van der Waals surface area (Å²) in [6, 6.07) is 4.06. The van der Waals surface area contributed by atoms with E-state index in [1.165, 1.54) is 0 Å². The molecule has 0 saturated carbocycles. The van der Waals surface area contributed by atoms with Crippen LogP contribution in [0.15, 0.2) is 27.9 Å². The minimum absolute atomic E-state index is 0.0559. The molecule has 1 saturated heterocycles. The molecule has 0 spiro atoms. The maximum absolute atomic E-state index is 12.3. The van der Waals surface area contributed by atoms with E-state index in [2.05, 4.69) is 25.8 Å². The molecule has 2 aliphatic rings. The molecule has 21 heavy (non-hydrogen) atoms. The molecule has 4 atom stereocenters. The van der Waals surface area contributed by atoms with Crippen molar-refractivity contribution in [1.29, 1.82) is 0 Å². The van der Waals surface area contributed by atoms with E-state index in [0.717, 1.165) is 18.0 Å². The first-order chi connectivity index (χ1) is 10.0. The standard InChI is InChI=1S/C16H23N3O2/c1-5-13(20)19-16(12-7-6-8-21-12)14-11(3)18(4)9-10(2)15(14)17-19/h6-8,10-11,14,16H,5,9H2,1-4H3/t10-,11-,14-,16-/m0/s1. The summed E-state index contributed by atoms with van der Waals surface area (Å²) in [5.41, 5.74) is 1.14. The number of hydrogen-bond donors (Lipinski definition) is 0. The summed E-state index contributed by atoms with van der Waals surface area (Å²) < 4.78 is 5.62. The second-order valence-electron chi connectivity index (χ2n) is 6.18. The number of hydrazone groups is 1. The highest BCUT2D eigenvalue weighted by atomic mass is 16.3. The van der Waals surface area contributed by atoms with E-state index in [9.17, 15) is 4.79 Å². The van der Waals surface area contributed by atoms with Crippen molar-refractivity contribution in [3.63, 3.8) is 0 Å². The fourth-order valence-corrected chi connectivity index (χ4v) is 3.60. The van der Waals surface area contributed by atoms with E-state index in [1.807, 2.05) is 19.1 Å². The lowest BCUT2D eigenvalue weighted by molar-refractivity contribution is -0.133. The average molecular weight is 289 g/mol. The van der Waals surface area contributed by atoms with Gasteiger partial charge in [-0.3, -0.25) is 4.79 Å². The van der Waals surface area contributed by atoms with Crippen LogP contribution in [0.2, 0.25) is 0 Å². The van der Waals surface area contributed by atoms with Crippen LogP contribution in [0.1, 0.15) is 39.0 Å². The monoisotopic (exact) mass is 289 g/mol. The van der Waals surface area contributed by atoms with Crippen molar-refractivity contribution in [2.75, 3.05) is 13.6 Å². The Morgan fingerprint density at radius 2 is 2.24 bits per heavy atom. The number of likely N-dealkylation sites (tertiary alicyclic amines) is 1. The van der Waals surface area contributed by atoms with Crippen LogP contribution in [-0.4, -0.2) is 41.2 Å². The molecule has 0 radical (unpaired) electrons. The molecule has 1 aromatic rings. The van der Waals surface area contributed by atoms with Crippen LogP contribution in [0, 0.1) is 11.8 Å². The fraction of sp³-hybridized carbons (Fsp3) is 0.625. The topological polar surface area (TPSA) is 49.1 Å². The zero-order valence-corrected chi connectivity index (χ0v) is 13.1. The van der Waals surface area contributed by atoms with Crippen molar-refractivity contribution < 1.29 is 9.21 Å². The molecular weight excluding hydrogens is 266 g/mol. The fourth-order valence-electron chi connectivity index (χ4n) is 3.60. The van der Waals surface area contributed by atoms with Gasteiger partial charge in [-0.1, -0.05) is 13.8 Å². The number of rotatable bonds is 2. The zero-order chi connectivity index (χ0) is 15.1. The van der Waals surface area contributed by atoms with E-state index in [1.54, 1.807) is 11.3 Å². The summed E-state index contributed by atoms with van der Waals surface area (Å²) in [4.78, 5) is 14.7. The Morgan fingerprint density at radius 3 is 2.86 bits per heavy atom. The molecule has 1 amide bonds. The quantitative estimate of drug-likeness (QED) is 0.840. The lowest BCUT2D eigenvalue weighted by Crippen LogP contribution is -2.51. The van der Waals surface area contributed by atoms with Gasteiger partial charge in [-0.25, -0.2) is 5.01 Å². The first-order valence-corrected chi connectivity index (χ1v) is 7.68. The maximum Gasteiger partial charge on any atom is 0.243 e. The van der Waals surface area contributed by atoms with Crippen molar-refractivity contribution >= 4 is 11.6 Å². The third-order valence-corrected chi connectivity index (χ3v) is 4.84. The Morgan fingerprint density at radius 1 is 1.48 bits per heavy atom. The second-order valence-corrected chi connectivity index (χ2v) is 6.18. The van der Waals surface area contributed by atoms with Gasteiger partial charge in [-0.05, 0) is 26.1 Å². The molecule has 2 aliphatic heterocycles. The second kappa shape index (κ2) is 5.30. The van der Waals surface area contributed by atoms with Crippen LogP contribution >= 0.6 is 0 Å². The molecule has 114 valence electrons. The number of piperidine rings is 1.